The van der Waals surface area contributed by atoms with E-state index in [1.165, 1.54) is 32.4 Å². The number of rotatable bonds is 6. The molecule has 36 heavy (non-hydrogen) atoms. The van der Waals surface area contributed by atoms with E-state index in [-0.39, 0.29) is 12.1 Å². The summed E-state index contributed by atoms with van der Waals surface area (Å²) < 4.78 is 28.7. The van der Waals surface area contributed by atoms with Crippen LogP contribution in [0.4, 0.5) is 4.79 Å². The number of hydrogen-bond donors (Lipinski definition) is 0. The Kier molecular flexibility index (Phi) is 8.47. The zero-order chi connectivity index (χ0) is 25.1. The minimum absolute atomic E-state index is 0.0743. The fraction of sp³-hybridized carbons (Fsp3) is 0.704. The first kappa shape index (κ1) is 26.3. The van der Waals surface area contributed by atoms with Gasteiger partial charge in [0.1, 0.15) is 6.10 Å². The molecule has 9 heteroatoms. The largest absolute Gasteiger partial charge is 0.441 e. The third kappa shape index (κ3) is 5.58. The molecule has 1 amide bonds. The number of hydrogen-bond acceptors (Lipinski definition) is 5. The molecule has 0 spiro atoms. The Morgan fingerprint density at radius 2 is 1.81 bits per heavy atom. The van der Waals surface area contributed by atoms with Gasteiger partial charge in [-0.1, -0.05) is 31.4 Å². The summed E-state index contributed by atoms with van der Waals surface area (Å²) in [5.74, 6) is 0. The van der Waals surface area contributed by atoms with Gasteiger partial charge in [0, 0.05) is 52.9 Å². The van der Waals surface area contributed by atoms with Crippen molar-refractivity contribution in [1.82, 2.24) is 14.1 Å². The zero-order valence-electron chi connectivity index (χ0n) is 21.4. The smallest absolute Gasteiger partial charge is 0.410 e. The van der Waals surface area contributed by atoms with Crippen molar-refractivity contribution in [1.29, 1.82) is 0 Å². The predicted molar refractivity (Wildman–Crippen MR) is 144 cm³/mol. The van der Waals surface area contributed by atoms with E-state index in [9.17, 15) is 9.00 Å². The van der Waals surface area contributed by atoms with Gasteiger partial charge in [0.2, 0.25) is 0 Å². The highest BCUT2D eigenvalue weighted by Crippen LogP contribution is 2.35. The van der Waals surface area contributed by atoms with Crippen molar-refractivity contribution in [2.24, 2.45) is 0 Å². The third-order valence-electron chi connectivity index (χ3n) is 8.07. The Bertz CT molecular complexity index is 1030. The maximum atomic E-state index is 14.9. The van der Waals surface area contributed by atoms with Gasteiger partial charge in [-0.3, -0.25) is 0 Å². The number of morpholine rings is 1. The molecule has 0 N–H and O–H groups in total. The lowest BCUT2D eigenvalue weighted by Gasteiger charge is -2.39. The average molecular weight is 538 g/mol. The monoisotopic (exact) mass is 537 g/mol. The Hall–Kier alpha value is -1.32. The maximum Gasteiger partial charge on any atom is 0.410 e. The van der Waals surface area contributed by atoms with Gasteiger partial charge in [0.05, 0.1) is 22.9 Å². The number of ether oxygens (including phenoxy) is 2. The first-order valence-electron chi connectivity index (χ1n) is 13.7. The molecule has 1 saturated carbocycles. The fourth-order valence-corrected chi connectivity index (χ4v) is 9.22. The molecular weight excluding hydrogens is 498 g/mol. The van der Waals surface area contributed by atoms with Crippen molar-refractivity contribution >= 4 is 32.3 Å². The summed E-state index contributed by atoms with van der Waals surface area (Å²) in [5.41, 5.74) is 0. The number of carbonyl (C=O) groups is 1. The van der Waals surface area contributed by atoms with Crippen LogP contribution in [0.5, 0.6) is 0 Å². The van der Waals surface area contributed by atoms with Crippen LogP contribution in [-0.4, -0.2) is 93.4 Å². The van der Waals surface area contributed by atoms with E-state index < -0.39 is 15.8 Å². The molecule has 0 bridgehead atoms. The number of halogens is 1. The third-order valence-corrected chi connectivity index (χ3v) is 11.5. The average Bonchev–Trinajstić information content (AvgIpc) is 3.69. The minimum Gasteiger partial charge on any atom is -0.441 e. The van der Waals surface area contributed by atoms with Crippen LogP contribution in [0.2, 0.25) is 5.02 Å². The lowest BCUT2D eigenvalue weighted by atomic mass is 10.0. The van der Waals surface area contributed by atoms with E-state index in [0.29, 0.717) is 37.2 Å². The van der Waals surface area contributed by atoms with E-state index in [1.54, 1.807) is 12.1 Å². The molecule has 1 aliphatic carbocycles. The first-order chi connectivity index (χ1) is 17.5. The van der Waals surface area contributed by atoms with Crippen molar-refractivity contribution in [3.05, 3.63) is 29.3 Å². The summed E-state index contributed by atoms with van der Waals surface area (Å²) in [6, 6.07) is 7.96. The van der Waals surface area contributed by atoms with Gasteiger partial charge < -0.3 is 19.3 Å². The second-order valence-corrected chi connectivity index (χ2v) is 13.4. The van der Waals surface area contributed by atoms with E-state index in [1.807, 2.05) is 17.0 Å². The topological polar surface area (TPSA) is 62.3 Å². The van der Waals surface area contributed by atoms with E-state index in [2.05, 4.69) is 16.1 Å². The summed E-state index contributed by atoms with van der Waals surface area (Å²) in [7, 11) is -2.70. The molecule has 2 unspecified atom stereocenters. The molecule has 1 aromatic rings. The standard InChI is InChI=1S/C27H40ClN3O4S/c1-2-6-23-20-34-18-17-31(23)36(33,24-9-7-21(28)8-10-24)26-19-25(26)35-27(32)30-15-11-22(12-16-30)29-13-4-3-5-14-29/h7-10,22-23,25H,2-6,11-20H2,1H3/t23-,25?,36?/m1/s1. The van der Waals surface area contributed by atoms with Crippen LogP contribution in [0.3, 0.4) is 0 Å². The Labute approximate surface area is 221 Å². The summed E-state index contributed by atoms with van der Waals surface area (Å²) in [6.45, 7) is 7.70. The van der Waals surface area contributed by atoms with Gasteiger partial charge in [-0.25, -0.2) is 13.3 Å². The van der Waals surface area contributed by atoms with Gasteiger partial charge in [-0.15, -0.1) is 0 Å². The number of piperidine rings is 2. The first-order valence-corrected chi connectivity index (χ1v) is 15.6. The highest BCUT2D eigenvalue weighted by Gasteiger charge is 2.46. The predicted octanol–water partition coefficient (Wildman–Crippen LogP) is 4.43. The maximum absolute atomic E-state index is 14.9. The van der Waals surface area contributed by atoms with Crippen molar-refractivity contribution in [3.8, 4) is 0 Å². The SMILES string of the molecule is CCC[C@@H]1COCCN1S(=O)(=C1CC1OC(=O)N1CCC(N2CCCCC2)CC1)c1ccc(Cl)cc1. The van der Waals surface area contributed by atoms with Gasteiger partial charge >= 0.3 is 6.09 Å². The molecule has 5 rings (SSSR count). The van der Waals surface area contributed by atoms with Crippen LogP contribution in [0.15, 0.2) is 29.2 Å². The molecule has 7 nitrogen and oxygen atoms in total. The molecule has 1 aromatic carbocycles. The molecule has 4 aliphatic rings. The minimum atomic E-state index is -2.70. The van der Waals surface area contributed by atoms with Crippen LogP contribution in [0.1, 0.15) is 58.3 Å². The summed E-state index contributed by atoms with van der Waals surface area (Å²) in [5, 5.41) is 0.615. The number of benzene rings is 1. The van der Waals surface area contributed by atoms with E-state index in [4.69, 9.17) is 21.1 Å². The van der Waals surface area contributed by atoms with Gasteiger partial charge in [0.15, 0.2) is 0 Å². The second-order valence-electron chi connectivity index (χ2n) is 10.5. The van der Waals surface area contributed by atoms with Gasteiger partial charge in [0.25, 0.3) is 0 Å². The number of amides is 1. The van der Waals surface area contributed by atoms with Crippen molar-refractivity contribution in [2.45, 2.75) is 81.4 Å². The molecule has 3 saturated heterocycles. The van der Waals surface area contributed by atoms with Crippen molar-refractivity contribution < 1.29 is 18.5 Å². The molecular formula is C27H40ClN3O4S. The summed E-state index contributed by atoms with van der Waals surface area (Å²) >= 11 is 6.15. The van der Waals surface area contributed by atoms with E-state index >= 15 is 0 Å². The van der Waals surface area contributed by atoms with Crippen LogP contribution >= 0.6 is 11.6 Å². The Balaban J connectivity index is 1.30. The van der Waals surface area contributed by atoms with E-state index in [0.717, 1.165) is 48.5 Å². The molecule has 4 fully saturated rings. The zero-order valence-corrected chi connectivity index (χ0v) is 23.0. The molecule has 3 aliphatic heterocycles. The lowest BCUT2D eigenvalue weighted by molar-refractivity contribution is 0.0314. The normalized spacial score (nSPS) is 28.1. The summed E-state index contributed by atoms with van der Waals surface area (Å²) in [6.07, 6.45) is 7.71. The molecule has 3 atom stereocenters. The van der Waals surface area contributed by atoms with Crippen LogP contribution in [0.25, 0.3) is 0 Å². The lowest BCUT2D eigenvalue weighted by Crippen LogP contribution is -2.49. The molecule has 3 heterocycles. The Morgan fingerprint density at radius 1 is 1.08 bits per heavy atom. The summed E-state index contributed by atoms with van der Waals surface area (Å²) in [4.78, 5) is 19.1. The molecule has 0 aromatic heterocycles. The molecule has 0 radical (unpaired) electrons. The van der Waals surface area contributed by atoms with Gasteiger partial charge in [-0.05, 0) is 69.5 Å². The highest BCUT2D eigenvalue weighted by molar-refractivity contribution is 8.01. The molecule has 200 valence electrons. The van der Waals surface area contributed by atoms with Crippen molar-refractivity contribution in [2.75, 3.05) is 45.9 Å². The van der Waals surface area contributed by atoms with Crippen molar-refractivity contribution in [3.63, 3.8) is 0 Å². The second kappa shape index (κ2) is 11.6. The Morgan fingerprint density at radius 3 is 2.50 bits per heavy atom. The van der Waals surface area contributed by atoms with Crippen LogP contribution < -0.4 is 0 Å². The highest BCUT2D eigenvalue weighted by atomic mass is 35.5. The van der Waals surface area contributed by atoms with Crippen LogP contribution in [0, 0.1) is 0 Å². The number of likely N-dealkylation sites (tertiary alicyclic amines) is 2. The van der Waals surface area contributed by atoms with Gasteiger partial charge in [-0.2, -0.15) is 0 Å². The number of carbonyl (C=O) groups excluding carboxylic acids is 1. The quantitative estimate of drug-likeness (QED) is 0.502. The van der Waals surface area contributed by atoms with Crippen LogP contribution in [-0.2, 0) is 19.2 Å². The number of nitrogens with zero attached hydrogens (tertiary/aromatic N) is 3. The fourth-order valence-electron chi connectivity index (χ4n) is 6.01.